The van der Waals surface area contributed by atoms with Gasteiger partial charge in [0.2, 0.25) is 5.91 Å². The van der Waals surface area contributed by atoms with Gasteiger partial charge in [0, 0.05) is 33.3 Å². The normalized spacial score (nSPS) is 8.88. The van der Waals surface area contributed by atoms with E-state index in [9.17, 15) is 9.59 Å². The predicted octanol–water partition coefficient (Wildman–Crippen LogP) is 3.63. The standard InChI is InChI=1S/C15H16N2O2.C3H7NO.C2H6/c1-10-4-5-12(8-11(10)2)19-13-6-7-17-14(9-13)15(18)16-3;1-3(5)4-2;1-2/h4-9H,1-3H3,(H,16,18);1-2H3,(H,4,5);1-2H3. The van der Waals surface area contributed by atoms with Crippen LogP contribution in [0.25, 0.3) is 0 Å². The minimum atomic E-state index is -0.231. The zero-order valence-electron chi connectivity index (χ0n) is 16.6. The summed E-state index contributed by atoms with van der Waals surface area (Å²) in [4.78, 5) is 25.2. The molecule has 0 saturated heterocycles. The average Bonchev–Trinajstić information content (AvgIpc) is 2.66. The highest BCUT2D eigenvalue weighted by Crippen LogP contribution is 2.23. The van der Waals surface area contributed by atoms with Gasteiger partial charge in [-0.3, -0.25) is 14.6 Å². The Morgan fingerprint density at radius 1 is 0.923 bits per heavy atom. The number of carbonyl (C=O) groups excluding carboxylic acids is 2. The number of nitrogens with one attached hydrogen (secondary N) is 2. The fourth-order valence-electron chi connectivity index (χ4n) is 1.64. The summed E-state index contributed by atoms with van der Waals surface area (Å²) in [5, 5.41) is 4.92. The van der Waals surface area contributed by atoms with Crippen LogP contribution >= 0.6 is 0 Å². The van der Waals surface area contributed by atoms with Crippen molar-refractivity contribution in [1.82, 2.24) is 15.6 Å². The van der Waals surface area contributed by atoms with Crippen molar-refractivity contribution in [2.45, 2.75) is 34.6 Å². The van der Waals surface area contributed by atoms with Crippen molar-refractivity contribution in [2.75, 3.05) is 14.1 Å². The van der Waals surface area contributed by atoms with Crippen molar-refractivity contribution in [3.8, 4) is 11.5 Å². The molecular formula is C20H29N3O3. The molecule has 142 valence electrons. The highest BCUT2D eigenvalue weighted by molar-refractivity contribution is 5.92. The van der Waals surface area contributed by atoms with Crippen LogP contribution in [-0.2, 0) is 4.79 Å². The number of ether oxygens (including phenoxy) is 1. The molecule has 1 aromatic carbocycles. The van der Waals surface area contributed by atoms with Crippen LogP contribution in [0.15, 0.2) is 36.5 Å². The van der Waals surface area contributed by atoms with E-state index >= 15 is 0 Å². The molecule has 0 aliphatic carbocycles. The van der Waals surface area contributed by atoms with Crippen molar-refractivity contribution in [3.05, 3.63) is 53.3 Å². The summed E-state index contributed by atoms with van der Waals surface area (Å²) in [5.41, 5.74) is 2.72. The van der Waals surface area contributed by atoms with E-state index in [1.54, 1.807) is 32.4 Å². The van der Waals surface area contributed by atoms with Crippen LogP contribution in [0.2, 0.25) is 0 Å². The molecule has 0 aliphatic rings. The first kappa shape index (κ1) is 23.1. The third-order valence-corrected chi connectivity index (χ3v) is 3.26. The zero-order chi connectivity index (χ0) is 20.1. The van der Waals surface area contributed by atoms with Crippen LogP contribution < -0.4 is 15.4 Å². The van der Waals surface area contributed by atoms with Gasteiger partial charge in [0.1, 0.15) is 17.2 Å². The third-order valence-electron chi connectivity index (χ3n) is 3.26. The molecule has 1 heterocycles. The molecule has 2 rings (SSSR count). The SMILES string of the molecule is CC.CNC(=O)c1cc(Oc2ccc(C)c(C)c2)ccn1.CNC(C)=O. The first-order valence-electron chi connectivity index (χ1n) is 8.49. The molecule has 2 amide bonds. The molecule has 0 unspecified atom stereocenters. The summed E-state index contributed by atoms with van der Waals surface area (Å²) in [6.07, 6.45) is 1.56. The Kier molecular flexibility index (Phi) is 11.1. The molecule has 2 N–H and O–H groups in total. The summed E-state index contributed by atoms with van der Waals surface area (Å²) in [5.74, 6) is 1.12. The molecule has 6 heteroatoms. The topological polar surface area (TPSA) is 80.3 Å². The van der Waals surface area contributed by atoms with Gasteiger partial charge >= 0.3 is 0 Å². The van der Waals surface area contributed by atoms with Crippen molar-refractivity contribution in [3.63, 3.8) is 0 Å². The molecule has 26 heavy (non-hydrogen) atoms. The lowest BCUT2D eigenvalue weighted by Gasteiger charge is -2.08. The smallest absolute Gasteiger partial charge is 0.269 e. The van der Waals surface area contributed by atoms with Crippen LogP contribution in [0.4, 0.5) is 0 Å². The van der Waals surface area contributed by atoms with Gasteiger partial charge in [0.15, 0.2) is 0 Å². The quantitative estimate of drug-likeness (QED) is 0.877. The van der Waals surface area contributed by atoms with E-state index in [2.05, 4.69) is 22.5 Å². The molecule has 0 bridgehead atoms. The number of rotatable bonds is 3. The lowest BCUT2D eigenvalue weighted by atomic mass is 10.1. The second-order valence-electron chi connectivity index (χ2n) is 5.11. The molecule has 0 spiro atoms. The number of aromatic nitrogens is 1. The summed E-state index contributed by atoms with van der Waals surface area (Å²) < 4.78 is 5.73. The minimum Gasteiger partial charge on any atom is -0.457 e. The van der Waals surface area contributed by atoms with Gasteiger partial charge in [-0.1, -0.05) is 19.9 Å². The van der Waals surface area contributed by atoms with Crippen LogP contribution in [-0.4, -0.2) is 30.9 Å². The number of pyridine rings is 1. The Morgan fingerprint density at radius 3 is 2.00 bits per heavy atom. The van der Waals surface area contributed by atoms with E-state index in [4.69, 9.17) is 4.74 Å². The zero-order valence-corrected chi connectivity index (χ0v) is 16.6. The van der Waals surface area contributed by atoms with Crippen LogP contribution in [0, 0.1) is 13.8 Å². The Balaban J connectivity index is 0.000000772. The van der Waals surface area contributed by atoms with Crippen LogP contribution in [0.3, 0.4) is 0 Å². The lowest BCUT2D eigenvalue weighted by molar-refractivity contribution is -0.118. The number of aryl methyl sites for hydroxylation is 2. The Bertz CT molecular complexity index is 715. The van der Waals surface area contributed by atoms with E-state index in [1.165, 1.54) is 12.5 Å². The first-order valence-corrected chi connectivity index (χ1v) is 8.49. The fraction of sp³-hybridized carbons (Fsp3) is 0.350. The predicted molar refractivity (Wildman–Crippen MR) is 105 cm³/mol. The highest BCUT2D eigenvalue weighted by Gasteiger charge is 2.07. The average molecular weight is 359 g/mol. The molecule has 0 saturated carbocycles. The maximum absolute atomic E-state index is 11.5. The Morgan fingerprint density at radius 2 is 1.50 bits per heavy atom. The van der Waals surface area contributed by atoms with Crippen molar-refractivity contribution in [2.24, 2.45) is 0 Å². The summed E-state index contributed by atoms with van der Waals surface area (Å²) in [6, 6.07) is 9.22. The molecule has 0 radical (unpaired) electrons. The first-order chi connectivity index (χ1) is 12.4. The molecule has 6 nitrogen and oxygen atoms in total. The van der Waals surface area contributed by atoms with Crippen LogP contribution in [0.1, 0.15) is 42.4 Å². The maximum atomic E-state index is 11.5. The molecule has 0 aliphatic heterocycles. The fourth-order valence-corrected chi connectivity index (χ4v) is 1.64. The number of amides is 2. The third kappa shape index (κ3) is 8.28. The molecular weight excluding hydrogens is 330 g/mol. The van der Waals surface area contributed by atoms with Crippen molar-refractivity contribution >= 4 is 11.8 Å². The second kappa shape index (κ2) is 12.5. The number of hydrogen-bond donors (Lipinski definition) is 2. The summed E-state index contributed by atoms with van der Waals surface area (Å²) >= 11 is 0. The van der Waals surface area contributed by atoms with Gasteiger partial charge in [-0.05, 0) is 43.2 Å². The van der Waals surface area contributed by atoms with Gasteiger partial charge in [-0.2, -0.15) is 0 Å². The van der Waals surface area contributed by atoms with E-state index in [1.807, 2.05) is 39.0 Å². The number of benzene rings is 1. The van der Waals surface area contributed by atoms with Gasteiger partial charge in [-0.25, -0.2) is 0 Å². The molecule has 0 fully saturated rings. The van der Waals surface area contributed by atoms with Gasteiger partial charge in [0.05, 0.1) is 0 Å². The van der Waals surface area contributed by atoms with Crippen molar-refractivity contribution < 1.29 is 14.3 Å². The van der Waals surface area contributed by atoms with Gasteiger partial charge in [-0.15, -0.1) is 0 Å². The highest BCUT2D eigenvalue weighted by atomic mass is 16.5. The largest absolute Gasteiger partial charge is 0.457 e. The van der Waals surface area contributed by atoms with Crippen LogP contribution in [0.5, 0.6) is 11.5 Å². The van der Waals surface area contributed by atoms with E-state index in [0.29, 0.717) is 11.4 Å². The monoisotopic (exact) mass is 359 g/mol. The second-order valence-corrected chi connectivity index (χ2v) is 5.11. The summed E-state index contributed by atoms with van der Waals surface area (Å²) in [7, 11) is 3.17. The minimum absolute atomic E-state index is 0.00463. The van der Waals surface area contributed by atoms with E-state index in [-0.39, 0.29) is 11.8 Å². The Labute approximate surface area is 156 Å². The molecule has 1 aromatic heterocycles. The number of nitrogens with zero attached hydrogens (tertiary/aromatic N) is 1. The Hall–Kier alpha value is -2.89. The van der Waals surface area contributed by atoms with Gasteiger partial charge < -0.3 is 15.4 Å². The van der Waals surface area contributed by atoms with E-state index in [0.717, 1.165) is 11.3 Å². The number of hydrogen-bond acceptors (Lipinski definition) is 4. The molecule has 0 atom stereocenters. The van der Waals surface area contributed by atoms with E-state index < -0.39 is 0 Å². The summed E-state index contributed by atoms with van der Waals surface area (Å²) in [6.45, 7) is 9.56. The molecule has 2 aromatic rings. The maximum Gasteiger partial charge on any atom is 0.269 e. The van der Waals surface area contributed by atoms with Crippen molar-refractivity contribution in [1.29, 1.82) is 0 Å². The number of carbonyl (C=O) groups is 2. The lowest BCUT2D eigenvalue weighted by Crippen LogP contribution is -2.18. The van der Waals surface area contributed by atoms with Gasteiger partial charge in [0.25, 0.3) is 5.91 Å².